The summed E-state index contributed by atoms with van der Waals surface area (Å²) in [7, 11) is 0. The van der Waals surface area contributed by atoms with E-state index in [9.17, 15) is 19.2 Å². The van der Waals surface area contributed by atoms with Gasteiger partial charge in [0, 0.05) is 11.6 Å². The predicted octanol–water partition coefficient (Wildman–Crippen LogP) is 2.94. The number of benzene rings is 2. The number of ether oxygens (including phenoxy) is 1. The first-order valence-corrected chi connectivity index (χ1v) is 11.6. The summed E-state index contributed by atoms with van der Waals surface area (Å²) < 4.78 is 7.54. The third-order valence-electron chi connectivity index (χ3n) is 5.10. The zero-order chi connectivity index (χ0) is 24.1. The van der Waals surface area contributed by atoms with Crippen LogP contribution in [0.15, 0.2) is 75.6 Å². The molecule has 34 heavy (non-hydrogen) atoms. The number of nitrogens with one attached hydrogen (secondary N) is 1. The first kappa shape index (κ1) is 23.5. The van der Waals surface area contributed by atoms with Crippen LogP contribution in [-0.4, -0.2) is 21.0 Å². The Morgan fingerprint density at radius 2 is 1.68 bits per heavy atom. The largest absolute Gasteiger partial charge is 0.459 e. The van der Waals surface area contributed by atoms with Crippen molar-refractivity contribution in [2.75, 3.05) is 0 Å². The number of thiophene rings is 1. The molecule has 2 heterocycles. The Kier molecular flexibility index (Phi) is 7.24. The normalized spacial score (nSPS) is 10.9. The Morgan fingerprint density at radius 1 is 0.941 bits per heavy atom. The number of hydrogen-bond donors (Lipinski definition) is 1. The average Bonchev–Trinajstić information content (AvgIpc) is 3.33. The highest BCUT2D eigenvalue weighted by Gasteiger charge is 2.19. The second kappa shape index (κ2) is 10.5. The van der Waals surface area contributed by atoms with E-state index in [0.29, 0.717) is 16.1 Å². The molecule has 0 radical (unpaired) electrons. The monoisotopic (exact) mass is 497 g/mol. The van der Waals surface area contributed by atoms with Crippen molar-refractivity contribution in [2.24, 2.45) is 0 Å². The van der Waals surface area contributed by atoms with Gasteiger partial charge in [-0.1, -0.05) is 60.1 Å². The molecule has 0 fully saturated rings. The van der Waals surface area contributed by atoms with Gasteiger partial charge in [-0.15, -0.1) is 11.3 Å². The van der Waals surface area contributed by atoms with Crippen LogP contribution in [0.5, 0.6) is 0 Å². The fraction of sp³-hybridized carbons (Fsp3) is 0.167. The number of carbonyl (C=O) groups is 2. The maximum Gasteiger partial charge on any atom is 0.332 e. The molecule has 0 bridgehead atoms. The minimum absolute atomic E-state index is 0.0608. The molecule has 8 nitrogen and oxygen atoms in total. The lowest BCUT2D eigenvalue weighted by Gasteiger charge is -2.12. The van der Waals surface area contributed by atoms with Crippen molar-refractivity contribution < 1.29 is 14.3 Å². The number of aromatic nitrogens is 2. The Balaban J connectivity index is 1.53. The van der Waals surface area contributed by atoms with Crippen molar-refractivity contribution in [2.45, 2.75) is 26.2 Å². The van der Waals surface area contributed by atoms with Gasteiger partial charge in [0.1, 0.15) is 24.4 Å². The topological polar surface area (TPSA) is 99.4 Å². The lowest BCUT2D eigenvalue weighted by Crippen LogP contribution is -2.44. The first-order valence-electron chi connectivity index (χ1n) is 10.3. The minimum Gasteiger partial charge on any atom is -0.459 e. The summed E-state index contributed by atoms with van der Waals surface area (Å²) in [6.45, 7) is -0.671. The second-order valence-corrected chi connectivity index (χ2v) is 8.73. The lowest BCUT2D eigenvalue weighted by atomic mass is 10.2. The van der Waals surface area contributed by atoms with Crippen LogP contribution >= 0.6 is 22.9 Å². The summed E-state index contributed by atoms with van der Waals surface area (Å²) in [5.74, 6) is -1.17. The molecule has 2 aromatic heterocycles. The SMILES string of the molecule is O=C(Cn1c(=O)c2sccc2n(CC(=O)OCc2ccccc2)c1=O)NCc1ccccc1Cl. The molecule has 4 rings (SSSR count). The van der Waals surface area contributed by atoms with E-state index in [-0.39, 0.29) is 24.4 Å². The van der Waals surface area contributed by atoms with E-state index in [0.717, 1.165) is 26.0 Å². The molecule has 0 saturated heterocycles. The summed E-state index contributed by atoms with van der Waals surface area (Å²) in [4.78, 5) is 50.9. The molecule has 0 saturated carbocycles. The molecule has 2 aromatic carbocycles. The molecule has 4 aromatic rings. The van der Waals surface area contributed by atoms with Crippen molar-refractivity contribution >= 4 is 45.0 Å². The minimum atomic E-state index is -0.763. The first-order chi connectivity index (χ1) is 16.4. The third-order valence-corrected chi connectivity index (χ3v) is 6.36. The molecule has 0 spiro atoms. The maximum absolute atomic E-state index is 13.1. The van der Waals surface area contributed by atoms with Crippen molar-refractivity contribution in [3.63, 3.8) is 0 Å². The van der Waals surface area contributed by atoms with Gasteiger partial charge in [-0.05, 0) is 28.6 Å². The maximum atomic E-state index is 13.1. The van der Waals surface area contributed by atoms with Crippen LogP contribution < -0.4 is 16.6 Å². The van der Waals surface area contributed by atoms with E-state index in [4.69, 9.17) is 16.3 Å². The number of carbonyl (C=O) groups excluding carboxylic acids is 2. The average molecular weight is 498 g/mol. The van der Waals surface area contributed by atoms with Crippen molar-refractivity contribution in [1.82, 2.24) is 14.5 Å². The van der Waals surface area contributed by atoms with Gasteiger partial charge in [0.15, 0.2) is 0 Å². The molecule has 0 aliphatic rings. The van der Waals surface area contributed by atoms with Gasteiger partial charge in [0.05, 0.1) is 5.52 Å². The quantitative estimate of drug-likeness (QED) is 0.377. The van der Waals surface area contributed by atoms with Crippen molar-refractivity contribution in [1.29, 1.82) is 0 Å². The number of hydrogen-bond acceptors (Lipinski definition) is 6. The smallest absolute Gasteiger partial charge is 0.332 e. The van der Waals surface area contributed by atoms with Gasteiger partial charge in [-0.25, -0.2) is 9.36 Å². The van der Waals surface area contributed by atoms with Gasteiger partial charge < -0.3 is 10.1 Å². The Labute approximate surface area is 203 Å². The number of rotatable bonds is 8. The molecule has 174 valence electrons. The van der Waals surface area contributed by atoms with Crippen molar-refractivity contribution in [3.8, 4) is 0 Å². The van der Waals surface area contributed by atoms with Gasteiger partial charge in [0.25, 0.3) is 5.56 Å². The second-order valence-electron chi connectivity index (χ2n) is 7.41. The van der Waals surface area contributed by atoms with E-state index in [1.54, 1.807) is 35.7 Å². The van der Waals surface area contributed by atoms with Crippen LogP contribution in [0, 0.1) is 0 Å². The molecular weight excluding hydrogens is 478 g/mol. The van der Waals surface area contributed by atoms with Gasteiger partial charge >= 0.3 is 11.7 Å². The molecule has 0 unspecified atom stereocenters. The van der Waals surface area contributed by atoms with Gasteiger partial charge in [-0.3, -0.25) is 19.0 Å². The van der Waals surface area contributed by atoms with Crippen LogP contribution in [0.4, 0.5) is 0 Å². The van der Waals surface area contributed by atoms with Crippen LogP contribution in [0.1, 0.15) is 11.1 Å². The van der Waals surface area contributed by atoms with E-state index < -0.39 is 29.7 Å². The van der Waals surface area contributed by atoms with Crippen LogP contribution in [0.2, 0.25) is 5.02 Å². The lowest BCUT2D eigenvalue weighted by molar-refractivity contribution is -0.145. The Morgan fingerprint density at radius 3 is 2.44 bits per heavy atom. The Hall–Kier alpha value is -3.69. The highest BCUT2D eigenvalue weighted by Crippen LogP contribution is 2.16. The number of fused-ring (bicyclic) bond motifs is 1. The molecule has 0 atom stereocenters. The van der Waals surface area contributed by atoms with E-state index in [1.807, 2.05) is 30.3 Å². The molecule has 0 aliphatic heterocycles. The van der Waals surface area contributed by atoms with E-state index in [2.05, 4.69) is 5.32 Å². The van der Waals surface area contributed by atoms with Crippen molar-refractivity contribution in [3.05, 3.63) is 103 Å². The van der Waals surface area contributed by atoms with E-state index in [1.165, 1.54) is 0 Å². The molecule has 1 N–H and O–H groups in total. The number of halogens is 1. The molecular formula is C24H20ClN3O5S. The zero-order valence-electron chi connectivity index (χ0n) is 17.9. The fourth-order valence-corrected chi connectivity index (χ4v) is 4.42. The molecule has 10 heteroatoms. The summed E-state index contributed by atoms with van der Waals surface area (Å²) in [6, 6.07) is 17.8. The Bertz CT molecular complexity index is 1460. The van der Waals surface area contributed by atoms with E-state index >= 15 is 0 Å². The van der Waals surface area contributed by atoms with Gasteiger partial charge in [-0.2, -0.15) is 0 Å². The molecule has 0 aliphatic carbocycles. The summed E-state index contributed by atoms with van der Waals surface area (Å²) in [5.41, 5.74) is 0.489. The number of nitrogens with zero attached hydrogens (tertiary/aromatic N) is 2. The zero-order valence-corrected chi connectivity index (χ0v) is 19.5. The van der Waals surface area contributed by atoms with Crippen LogP contribution in [0.3, 0.4) is 0 Å². The molecule has 1 amide bonds. The predicted molar refractivity (Wildman–Crippen MR) is 130 cm³/mol. The van der Waals surface area contributed by atoms with Gasteiger partial charge in [0.2, 0.25) is 5.91 Å². The number of amides is 1. The fourth-order valence-electron chi connectivity index (χ4n) is 3.37. The highest BCUT2D eigenvalue weighted by molar-refractivity contribution is 7.17. The summed E-state index contributed by atoms with van der Waals surface area (Å²) in [6.07, 6.45) is 0. The standard InChI is InChI=1S/C24H20ClN3O5S/c25-18-9-5-4-8-17(18)12-26-20(29)13-28-23(31)22-19(10-11-34-22)27(24(28)32)14-21(30)33-15-16-6-2-1-3-7-16/h1-11H,12-15H2,(H,26,29). The summed E-state index contributed by atoms with van der Waals surface area (Å²) >= 11 is 7.24. The van der Waals surface area contributed by atoms with Crippen LogP contribution in [0.25, 0.3) is 10.2 Å². The summed E-state index contributed by atoms with van der Waals surface area (Å²) in [5, 5.41) is 4.81. The highest BCUT2D eigenvalue weighted by atomic mass is 35.5. The number of esters is 1. The third kappa shape index (κ3) is 5.27. The van der Waals surface area contributed by atoms with Crippen LogP contribution in [-0.2, 0) is 40.6 Å².